The van der Waals surface area contributed by atoms with Crippen LogP contribution in [0.3, 0.4) is 0 Å². The highest BCUT2D eigenvalue weighted by atomic mass is 16.6. The first-order valence-corrected chi connectivity index (χ1v) is 5.73. The van der Waals surface area contributed by atoms with Gasteiger partial charge in [-0.25, -0.2) is 4.79 Å². The molecule has 0 unspecified atom stereocenters. The van der Waals surface area contributed by atoms with Crippen molar-refractivity contribution in [3.05, 3.63) is 35.9 Å². The molecule has 17 heavy (non-hydrogen) atoms. The first-order valence-electron chi connectivity index (χ1n) is 5.73. The Hall–Kier alpha value is -1.55. The molecule has 0 aromatic heterocycles. The Bertz CT molecular complexity index is 327. The minimum Gasteiger partial charge on any atom is -0.445 e. The van der Waals surface area contributed by atoms with E-state index in [2.05, 4.69) is 0 Å². The average molecular weight is 237 g/mol. The Morgan fingerprint density at radius 1 is 1.29 bits per heavy atom. The van der Waals surface area contributed by atoms with Gasteiger partial charge in [-0.2, -0.15) is 0 Å². The lowest BCUT2D eigenvalue weighted by Gasteiger charge is -2.16. The molecule has 0 atom stereocenters. The van der Waals surface area contributed by atoms with Crippen molar-refractivity contribution in [2.75, 3.05) is 26.8 Å². The molecule has 1 aromatic carbocycles. The molecule has 4 nitrogen and oxygen atoms in total. The summed E-state index contributed by atoms with van der Waals surface area (Å²) in [7, 11) is 1.70. The smallest absolute Gasteiger partial charge is 0.409 e. The Kier molecular flexibility index (Phi) is 6.10. The van der Waals surface area contributed by atoms with Crippen molar-refractivity contribution in [3.8, 4) is 0 Å². The predicted octanol–water partition coefficient (Wildman–Crippen LogP) is 2.29. The summed E-state index contributed by atoms with van der Waals surface area (Å²) < 4.78 is 10.3. The standard InChI is InChI=1S/C13H19NO3/c1-3-16-10-9-14(2)13(15)17-11-12-7-5-4-6-8-12/h4-8H,3,9-11H2,1-2H3. The molecule has 0 bridgehead atoms. The second-order valence-corrected chi connectivity index (χ2v) is 3.66. The maximum absolute atomic E-state index is 11.6. The van der Waals surface area contributed by atoms with Gasteiger partial charge in [0, 0.05) is 20.2 Å². The third-order valence-corrected chi connectivity index (χ3v) is 2.29. The number of likely N-dealkylation sites (N-methyl/N-ethyl adjacent to an activating group) is 1. The molecule has 0 heterocycles. The summed E-state index contributed by atoms with van der Waals surface area (Å²) in [4.78, 5) is 13.1. The van der Waals surface area contributed by atoms with Crippen LogP contribution in [-0.4, -0.2) is 37.8 Å². The molecule has 0 N–H and O–H groups in total. The molecule has 0 aliphatic heterocycles. The van der Waals surface area contributed by atoms with Gasteiger partial charge in [0.2, 0.25) is 0 Å². The summed E-state index contributed by atoms with van der Waals surface area (Å²) in [5, 5.41) is 0. The van der Waals surface area contributed by atoms with E-state index in [1.54, 1.807) is 7.05 Å². The number of rotatable bonds is 6. The van der Waals surface area contributed by atoms with E-state index in [0.29, 0.717) is 26.4 Å². The first kappa shape index (κ1) is 13.5. The maximum atomic E-state index is 11.6. The zero-order chi connectivity index (χ0) is 12.5. The molecule has 0 spiro atoms. The minimum atomic E-state index is -0.325. The van der Waals surface area contributed by atoms with Crippen LogP contribution in [0.2, 0.25) is 0 Å². The maximum Gasteiger partial charge on any atom is 0.409 e. The van der Waals surface area contributed by atoms with Crippen molar-refractivity contribution in [2.24, 2.45) is 0 Å². The fraction of sp³-hybridized carbons (Fsp3) is 0.462. The number of benzene rings is 1. The van der Waals surface area contributed by atoms with Gasteiger partial charge in [0.1, 0.15) is 6.61 Å². The second-order valence-electron chi connectivity index (χ2n) is 3.66. The zero-order valence-electron chi connectivity index (χ0n) is 10.4. The third kappa shape index (κ3) is 5.36. The van der Waals surface area contributed by atoms with E-state index in [4.69, 9.17) is 9.47 Å². The Morgan fingerprint density at radius 2 is 2.00 bits per heavy atom. The van der Waals surface area contributed by atoms with Crippen LogP contribution in [-0.2, 0) is 16.1 Å². The van der Waals surface area contributed by atoms with E-state index < -0.39 is 0 Å². The van der Waals surface area contributed by atoms with Crippen LogP contribution in [0.4, 0.5) is 4.79 Å². The van der Waals surface area contributed by atoms with E-state index in [1.165, 1.54) is 4.90 Å². The zero-order valence-corrected chi connectivity index (χ0v) is 10.4. The van der Waals surface area contributed by atoms with Crippen LogP contribution in [0.25, 0.3) is 0 Å². The molecule has 94 valence electrons. The third-order valence-electron chi connectivity index (χ3n) is 2.29. The summed E-state index contributed by atoms with van der Waals surface area (Å²) in [6, 6.07) is 9.62. The van der Waals surface area contributed by atoms with Crippen LogP contribution in [0.1, 0.15) is 12.5 Å². The fourth-order valence-corrected chi connectivity index (χ4v) is 1.27. The van der Waals surface area contributed by atoms with Gasteiger partial charge in [-0.15, -0.1) is 0 Å². The van der Waals surface area contributed by atoms with E-state index in [1.807, 2.05) is 37.3 Å². The van der Waals surface area contributed by atoms with Crippen LogP contribution >= 0.6 is 0 Å². The van der Waals surface area contributed by atoms with E-state index >= 15 is 0 Å². The number of carbonyl (C=O) groups is 1. The molecule has 4 heteroatoms. The number of carbonyl (C=O) groups excluding carboxylic acids is 1. The van der Waals surface area contributed by atoms with Gasteiger partial charge in [-0.05, 0) is 12.5 Å². The molecule has 0 saturated carbocycles. The summed E-state index contributed by atoms with van der Waals surface area (Å²) in [5.41, 5.74) is 0.985. The van der Waals surface area contributed by atoms with Gasteiger partial charge in [0.15, 0.2) is 0 Å². The Labute approximate surface area is 102 Å². The quantitative estimate of drug-likeness (QED) is 0.712. The minimum absolute atomic E-state index is 0.304. The SMILES string of the molecule is CCOCCN(C)C(=O)OCc1ccccc1. The molecule has 0 aliphatic rings. The predicted molar refractivity (Wildman–Crippen MR) is 65.8 cm³/mol. The highest BCUT2D eigenvalue weighted by molar-refractivity contribution is 5.67. The molecule has 1 amide bonds. The van der Waals surface area contributed by atoms with Crippen molar-refractivity contribution in [1.82, 2.24) is 4.90 Å². The van der Waals surface area contributed by atoms with Crippen molar-refractivity contribution >= 4 is 6.09 Å². The molecule has 0 fully saturated rings. The van der Waals surface area contributed by atoms with Gasteiger partial charge < -0.3 is 14.4 Å². The van der Waals surface area contributed by atoms with Gasteiger partial charge in [-0.3, -0.25) is 0 Å². The Balaban J connectivity index is 2.24. The van der Waals surface area contributed by atoms with Crippen molar-refractivity contribution in [1.29, 1.82) is 0 Å². The van der Waals surface area contributed by atoms with Crippen LogP contribution in [0, 0.1) is 0 Å². The second kappa shape index (κ2) is 7.68. The normalized spacial score (nSPS) is 10.0. The van der Waals surface area contributed by atoms with Gasteiger partial charge >= 0.3 is 6.09 Å². The van der Waals surface area contributed by atoms with Crippen molar-refractivity contribution in [3.63, 3.8) is 0 Å². The van der Waals surface area contributed by atoms with E-state index in [0.717, 1.165) is 5.56 Å². The summed E-state index contributed by atoms with van der Waals surface area (Å²) in [6.07, 6.45) is -0.325. The lowest BCUT2D eigenvalue weighted by atomic mass is 10.2. The monoisotopic (exact) mass is 237 g/mol. The molecular formula is C13H19NO3. The first-order chi connectivity index (χ1) is 8.24. The number of amides is 1. The molecule has 0 radical (unpaired) electrons. The van der Waals surface area contributed by atoms with Crippen molar-refractivity contribution < 1.29 is 14.3 Å². The van der Waals surface area contributed by atoms with Gasteiger partial charge in [-0.1, -0.05) is 30.3 Å². The van der Waals surface area contributed by atoms with Crippen molar-refractivity contribution in [2.45, 2.75) is 13.5 Å². The fourth-order valence-electron chi connectivity index (χ4n) is 1.27. The number of nitrogens with zero attached hydrogens (tertiary/aromatic N) is 1. The van der Waals surface area contributed by atoms with Crippen LogP contribution < -0.4 is 0 Å². The lowest BCUT2D eigenvalue weighted by Crippen LogP contribution is -2.30. The molecule has 0 aliphatic carbocycles. The average Bonchev–Trinajstić information content (AvgIpc) is 2.37. The van der Waals surface area contributed by atoms with Gasteiger partial charge in [0.25, 0.3) is 0 Å². The highest BCUT2D eigenvalue weighted by Crippen LogP contribution is 2.02. The summed E-state index contributed by atoms with van der Waals surface area (Å²) >= 11 is 0. The molecule has 1 rings (SSSR count). The number of hydrogen-bond donors (Lipinski definition) is 0. The van der Waals surface area contributed by atoms with E-state index in [-0.39, 0.29) is 6.09 Å². The largest absolute Gasteiger partial charge is 0.445 e. The molecule has 0 saturated heterocycles. The van der Waals surface area contributed by atoms with Crippen LogP contribution in [0.5, 0.6) is 0 Å². The summed E-state index contributed by atoms with van der Waals surface area (Å²) in [6.45, 7) is 3.97. The van der Waals surface area contributed by atoms with Crippen LogP contribution in [0.15, 0.2) is 30.3 Å². The molecular weight excluding hydrogens is 218 g/mol. The molecule has 1 aromatic rings. The number of hydrogen-bond acceptors (Lipinski definition) is 3. The number of ether oxygens (including phenoxy) is 2. The van der Waals surface area contributed by atoms with Gasteiger partial charge in [0.05, 0.1) is 6.61 Å². The Morgan fingerprint density at radius 3 is 2.65 bits per heavy atom. The highest BCUT2D eigenvalue weighted by Gasteiger charge is 2.09. The summed E-state index contributed by atoms with van der Waals surface area (Å²) in [5.74, 6) is 0. The topological polar surface area (TPSA) is 38.8 Å². The lowest BCUT2D eigenvalue weighted by molar-refractivity contribution is 0.0833. The van der Waals surface area contributed by atoms with E-state index in [9.17, 15) is 4.79 Å².